The average molecular weight is 1040 g/mol. The Morgan fingerprint density at radius 3 is 0.825 bits per heavy atom. The molecule has 0 N–H and O–H groups in total. The number of rotatable bonds is 9. The van der Waals surface area contributed by atoms with Gasteiger partial charge in [0, 0.05) is 55.4 Å². The molecule has 0 bridgehead atoms. The van der Waals surface area contributed by atoms with Crippen LogP contribution in [0.15, 0.2) is 253 Å². The van der Waals surface area contributed by atoms with E-state index in [4.69, 9.17) is 9.98 Å². The summed E-state index contributed by atoms with van der Waals surface area (Å²) >= 11 is 0. The molecule has 80 heavy (non-hydrogen) atoms. The molecule has 0 unspecified atom stereocenters. The fraction of sp³-hybridized carbons (Fsp3) is 0.162. The van der Waals surface area contributed by atoms with E-state index in [1.54, 1.807) is 0 Å². The Kier molecular flexibility index (Phi) is 11.1. The van der Waals surface area contributed by atoms with Crippen molar-refractivity contribution in [3.63, 3.8) is 0 Å². The molecule has 0 saturated heterocycles. The molecule has 6 heteroatoms. The zero-order chi connectivity index (χ0) is 54.7. The second-order valence-corrected chi connectivity index (χ2v) is 23.9. The summed E-state index contributed by atoms with van der Waals surface area (Å²) in [6.07, 6.45) is 0. The summed E-state index contributed by atoms with van der Waals surface area (Å²) in [4.78, 5) is 15.6. The summed E-state index contributed by atoms with van der Waals surface area (Å²) in [6.45, 7) is 18.2. The zero-order valence-electron chi connectivity index (χ0n) is 46.8. The number of para-hydroxylation sites is 2. The maximum absolute atomic E-state index is 5.37. The molecule has 0 atom stereocenters. The normalized spacial score (nSPS) is 16.2. The first-order chi connectivity index (χ1) is 38.7. The lowest BCUT2D eigenvalue weighted by molar-refractivity contribution is 0.338. The highest BCUT2D eigenvalue weighted by Crippen LogP contribution is 2.47. The first-order valence-electron chi connectivity index (χ1n) is 28.1. The lowest BCUT2D eigenvalue weighted by atomic mass is 9.83. The second kappa shape index (κ2) is 18.2. The summed E-state index contributed by atoms with van der Waals surface area (Å²) < 4.78 is 4.83. The Bertz CT molecular complexity index is 4170. The van der Waals surface area contributed by atoms with Crippen LogP contribution in [0, 0.1) is 0 Å². The third-order valence-electron chi connectivity index (χ3n) is 18.1. The third-order valence-corrected chi connectivity index (χ3v) is 18.1. The van der Waals surface area contributed by atoms with E-state index < -0.39 is 0 Å². The van der Waals surface area contributed by atoms with Crippen LogP contribution in [0.4, 0.5) is 11.4 Å². The standard InChI is InChI=1S/C74H64N6/c1-71(2)73(5,6)79(69(75-71)49-23-13-9-14-24-49)59-33-21-27-51(43-59)53-35-39-65-61(45-53)63-47-55(37-41-67(63)77(65)57-29-17-11-18-30-57)56-38-42-68-64(48-56)62-46-54(36-40-66(62)78(68)58-31-19-12-20-32-58)52-28-22-34-60(44-52)80-70(50-25-15-10-16-26-50)76-72(3,4)74(80,7)8/h9-48H,1-8H3. The van der Waals surface area contributed by atoms with Gasteiger partial charge >= 0.3 is 0 Å². The van der Waals surface area contributed by atoms with Crippen LogP contribution in [0.1, 0.15) is 66.5 Å². The van der Waals surface area contributed by atoms with Gasteiger partial charge in [-0.3, -0.25) is 9.98 Å². The zero-order valence-corrected chi connectivity index (χ0v) is 46.8. The minimum atomic E-state index is -0.309. The summed E-state index contributed by atoms with van der Waals surface area (Å²) in [6, 6.07) is 88.9. The Morgan fingerprint density at radius 2 is 0.512 bits per heavy atom. The number of hydrogen-bond donors (Lipinski definition) is 0. The molecule has 0 amide bonds. The van der Waals surface area contributed by atoms with E-state index in [9.17, 15) is 0 Å². The molecular weight excluding hydrogens is 973 g/mol. The van der Waals surface area contributed by atoms with Crippen LogP contribution in [-0.2, 0) is 0 Å². The monoisotopic (exact) mass is 1040 g/mol. The maximum Gasteiger partial charge on any atom is 0.136 e. The summed E-state index contributed by atoms with van der Waals surface area (Å²) in [5.41, 5.74) is 17.3. The van der Waals surface area contributed by atoms with Gasteiger partial charge in [-0.2, -0.15) is 0 Å². The van der Waals surface area contributed by atoms with Crippen molar-refractivity contribution < 1.29 is 0 Å². The second-order valence-electron chi connectivity index (χ2n) is 23.9. The molecule has 2 aliphatic rings. The van der Waals surface area contributed by atoms with Gasteiger partial charge in [0.15, 0.2) is 0 Å². The van der Waals surface area contributed by atoms with E-state index in [1.165, 1.54) is 65.9 Å². The first kappa shape index (κ1) is 49.1. The van der Waals surface area contributed by atoms with Crippen molar-refractivity contribution in [1.82, 2.24) is 9.13 Å². The number of benzene rings is 10. The summed E-state index contributed by atoms with van der Waals surface area (Å²) in [5.74, 6) is 2.00. The molecule has 12 aromatic rings. The quantitative estimate of drug-likeness (QED) is 0.145. The molecule has 2 aliphatic heterocycles. The highest BCUT2D eigenvalue weighted by Gasteiger charge is 2.51. The predicted octanol–water partition coefficient (Wildman–Crippen LogP) is 18.5. The maximum atomic E-state index is 5.37. The van der Waals surface area contributed by atoms with Gasteiger partial charge in [-0.25, -0.2) is 0 Å². The van der Waals surface area contributed by atoms with Crippen LogP contribution in [0.3, 0.4) is 0 Å². The Hall–Kier alpha value is -9.26. The van der Waals surface area contributed by atoms with Crippen LogP contribution in [-0.4, -0.2) is 43.0 Å². The topological polar surface area (TPSA) is 41.1 Å². The SMILES string of the molecule is CC1(C)N=C(c2ccccc2)N(c2cccc(-c3ccc4c(c3)c3cc(-c5ccc6c(c5)c5cc(-c7cccc(N8C(c9ccccc9)=NC(C)(C)C8(C)C)c7)ccc5n6-c5ccccc5)ccc3n4-c3ccccc3)c2)C1(C)C. The minimum Gasteiger partial charge on any atom is -0.318 e. The lowest BCUT2D eigenvalue weighted by Gasteiger charge is -2.41. The molecule has 4 heterocycles. The van der Waals surface area contributed by atoms with E-state index in [0.717, 1.165) is 56.7 Å². The van der Waals surface area contributed by atoms with Crippen LogP contribution in [0.2, 0.25) is 0 Å². The first-order valence-corrected chi connectivity index (χ1v) is 28.1. The summed E-state index contributed by atoms with van der Waals surface area (Å²) in [5, 5.41) is 4.83. The van der Waals surface area contributed by atoms with E-state index >= 15 is 0 Å². The number of amidine groups is 2. The van der Waals surface area contributed by atoms with Crippen molar-refractivity contribution in [2.24, 2.45) is 9.98 Å². The molecule has 390 valence electrons. The number of aliphatic imine (C=N–C) groups is 2. The van der Waals surface area contributed by atoms with Crippen molar-refractivity contribution in [3.05, 3.63) is 254 Å². The van der Waals surface area contributed by atoms with E-state index in [1.807, 2.05) is 0 Å². The number of nitrogens with zero attached hydrogens (tertiary/aromatic N) is 6. The molecule has 10 aromatic carbocycles. The molecule has 0 spiro atoms. The van der Waals surface area contributed by atoms with Gasteiger partial charge in [0.2, 0.25) is 0 Å². The average Bonchev–Trinajstić information content (AvgIpc) is 4.16. The van der Waals surface area contributed by atoms with Gasteiger partial charge in [-0.15, -0.1) is 0 Å². The lowest BCUT2D eigenvalue weighted by Crippen LogP contribution is -2.53. The molecule has 2 aromatic heterocycles. The van der Waals surface area contributed by atoms with Gasteiger partial charge < -0.3 is 18.9 Å². The van der Waals surface area contributed by atoms with E-state index in [2.05, 4.69) is 317 Å². The third kappa shape index (κ3) is 7.67. The molecule has 14 rings (SSSR count). The number of anilines is 2. The van der Waals surface area contributed by atoms with E-state index in [0.29, 0.717) is 0 Å². The smallest absolute Gasteiger partial charge is 0.136 e. The van der Waals surface area contributed by atoms with Crippen molar-refractivity contribution in [2.75, 3.05) is 9.80 Å². The largest absolute Gasteiger partial charge is 0.318 e. The minimum absolute atomic E-state index is 0.277. The molecule has 0 fully saturated rings. The molecule has 0 radical (unpaired) electrons. The Labute approximate surface area is 469 Å². The van der Waals surface area contributed by atoms with Crippen LogP contribution in [0.5, 0.6) is 0 Å². The van der Waals surface area contributed by atoms with Gasteiger partial charge in [-0.05, 0) is 186 Å². The summed E-state index contributed by atoms with van der Waals surface area (Å²) in [7, 11) is 0. The number of fused-ring (bicyclic) bond motifs is 6. The van der Waals surface area contributed by atoms with Gasteiger partial charge in [0.05, 0.1) is 44.2 Å². The Balaban J connectivity index is 0.898. The molecular formula is C74H64N6. The number of hydrogen-bond acceptors (Lipinski definition) is 4. The number of aromatic nitrogens is 2. The van der Waals surface area contributed by atoms with Crippen molar-refractivity contribution in [1.29, 1.82) is 0 Å². The Morgan fingerprint density at radius 1 is 0.250 bits per heavy atom. The van der Waals surface area contributed by atoms with Gasteiger partial charge in [0.1, 0.15) is 11.7 Å². The van der Waals surface area contributed by atoms with Crippen LogP contribution in [0.25, 0.3) is 88.4 Å². The fourth-order valence-electron chi connectivity index (χ4n) is 12.6. The molecule has 6 nitrogen and oxygen atoms in total. The van der Waals surface area contributed by atoms with Gasteiger partial charge in [0.25, 0.3) is 0 Å². The molecule has 0 saturated carbocycles. The molecule has 0 aliphatic carbocycles. The predicted molar refractivity (Wildman–Crippen MR) is 339 cm³/mol. The highest BCUT2D eigenvalue weighted by atomic mass is 15.3. The van der Waals surface area contributed by atoms with Crippen LogP contribution >= 0.6 is 0 Å². The van der Waals surface area contributed by atoms with Gasteiger partial charge in [-0.1, -0.05) is 146 Å². The highest BCUT2D eigenvalue weighted by molar-refractivity contribution is 6.16. The van der Waals surface area contributed by atoms with Crippen molar-refractivity contribution >= 4 is 66.7 Å². The van der Waals surface area contributed by atoms with E-state index in [-0.39, 0.29) is 22.2 Å². The van der Waals surface area contributed by atoms with Crippen molar-refractivity contribution in [3.8, 4) is 44.8 Å². The van der Waals surface area contributed by atoms with Crippen LogP contribution < -0.4 is 9.80 Å². The van der Waals surface area contributed by atoms with Crippen molar-refractivity contribution in [2.45, 2.75) is 77.5 Å². The fourth-order valence-corrected chi connectivity index (χ4v) is 12.6.